The van der Waals surface area contributed by atoms with Crippen molar-refractivity contribution in [3.63, 3.8) is 0 Å². The fourth-order valence-electron chi connectivity index (χ4n) is 1.62. The molecular formula is C13H13F2NS2. The lowest BCUT2D eigenvalue weighted by molar-refractivity contribution is 0.535. The second kappa shape index (κ2) is 5.82. The maximum Gasteiger partial charge on any atom is 0.140 e. The van der Waals surface area contributed by atoms with Crippen LogP contribution in [-0.4, -0.2) is 6.04 Å². The topological polar surface area (TPSA) is 26.0 Å². The van der Waals surface area contributed by atoms with Gasteiger partial charge >= 0.3 is 0 Å². The molecule has 0 radical (unpaired) electrons. The van der Waals surface area contributed by atoms with E-state index < -0.39 is 11.6 Å². The summed E-state index contributed by atoms with van der Waals surface area (Å²) >= 11 is 2.57. The van der Waals surface area contributed by atoms with Crippen molar-refractivity contribution in [2.24, 2.45) is 5.73 Å². The molecule has 1 heterocycles. The maximum atomic E-state index is 13.9. The third-order valence-electron chi connectivity index (χ3n) is 2.31. The molecule has 0 fully saturated rings. The summed E-state index contributed by atoms with van der Waals surface area (Å²) in [5.41, 5.74) is 6.22. The van der Waals surface area contributed by atoms with E-state index >= 15 is 0 Å². The smallest absolute Gasteiger partial charge is 0.140 e. The van der Waals surface area contributed by atoms with Crippen LogP contribution in [-0.2, 0) is 6.42 Å². The molecule has 18 heavy (non-hydrogen) atoms. The van der Waals surface area contributed by atoms with E-state index in [4.69, 9.17) is 5.73 Å². The first-order valence-corrected chi connectivity index (χ1v) is 7.20. The van der Waals surface area contributed by atoms with Crippen molar-refractivity contribution in [1.29, 1.82) is 0 Å². The van der Waals surface area contributed by atoms with Gasteiger partial charge in [-0.1, -0.05) is 17.8 Å². The van der Waals surface area contributed by atoms with E-state index in [2.05, 4.69) is 0 Å². The molecule has 0 bridgehead atoms. The molecule has 1 nitrogen and oxygen atoms in total. The molecule has 0 saturated carbocycles. The van der Waals surface area contributed by atoms with Gasteiger partial charge in [0, 0.05) is 6.04 Å². The van der Waals surface area contributed by atoms with E-state index in [1.165, 1.54) is 23.5 Å². The second-order valence-electron chi connectivity index (χ2n) is 4.10. The molecule has 0 aliphatic carbocycles. The standard InChI is InChI=1S/C13H13F2NS2/c1-8(16)5-9-6-10(14)13(11(15)7-9)18-12-3-2-4-17-12/h2-4,6-8H,5,16H2,1H3. The molecule has 2 N–H and O–H groups in total. The highest BCUT2D eigenvalue weighted by Crippen LogP contribution is 2.35. The second-order valence-corrected chi connectivity index (χ2v) is 6.36. The Morgan fingerprint density at radius 1 is 1.33 bits per heavy atom. The Hall–Kier alpha value is -0.910. The van der Waals surface area contributed by atoms with E-state index in [1.54, 1.807) is 0 Å². The predicted octanol–water partition coefficient (Wildman–Crippen LogP) is 4.07. The summed E-state index contributed by atoms with van der Waals surface area (Å²) in [7, 11) is 0. The molecule has 2 rings (SSSR count). The Morgan fingerprint density at radius 3 is 2.50 bits per heavy atom. The minimum absolute atomic E-state index is 0.0471. The van der Waals surface area contributed by atoms with E-state index in [9.17, 15) is 8.78 Å². The summed E-state index contributed by atoms with van der Waals surface area (Å²) in [5, 5.41) is 1.88. The zero-order valence-corrected chi connectivity index (χ0v) is 11.5. The Kier molecular flexibility index (Phi) is 4.37. The minimum atomic E-state index is -0.524. The molecule has 2 aromatic rings. The highest BCUT2D eigenvalue weighted by molar-refractivity contribution is 8.01. The normalized spacial score (nSPS) is 12.7. The van der Waals surface area contributed by atoms with Crippen molar-refractivity contribution in [3.8, 4) is 0 Å². The largest absolute Gasteiger partial charge is 0.328 e. The van der Waals surface area contributed by atoms with Gasteiger partial charge in [-0.15, -0.1) is 11.3 Å². The molecule has 0 aliphatic heterocycles. The van der Waals surface area contributed by atoms with Crippen molar-refractivity contribution in [1.82, 2.24) is 0 Å². The van der Waals surface area contributed by atoms with Gasteiger partial charge in [0.25, 0.3) is 0 Å². The lowest BCUT2D eigenvalue weighted by atomic mass is 10.1. The Bertz CT molecular complexity index is 501. The number of nitrogens with two attached hydrogens (primary N) is 1. The first-order valence-electron chi connectivity index (χ1n) is 5.51. The van der Waals surface area contributed by atoms with Crippen LogP contribution >= 0.6 is 23.1 Å². The molecular weight excluding hydrogens is 272 g/mol. The van der Waals surface area contributed by atoms with Gasteiger partial charge in [0.1, 0.15) is 11.6 Å². The molecule has 1 atom stereocenters. The number of rotatable bonds is 4. The number of benzene rings is 1. The van der Waals surface area contributed by atoms with Crippen molar-refractivity contribution in [3.05, 3.63) is 46.8 Å². The van der Waals surface area contributed by atoms with Crippen LogP contribution in [0.2, 0.25) is 0 Å². The molecule has 5 heteroatoms. The third-order valence-corrected chi connectivity index (χ3v) is 4.45. The van der Waals surface area contributed by atoms with Gasteiger partial charge in [0.2, 0.25) is 0 Å². The van der Waals surface area contributed by atoms with Crippen LogP contribution in [0.1, 0.15) is 12.5 Å². The summed E-state index contributed by atoms with van der Waals surface area (Å²) in [5.74, 6) is -1.05. The lowest BCUT2D eigenvalue weighted by Crippen LogP contribution is -2.18. The van der Waals surface area contributed by atoms with Crippen LogP contribution in [0.25, 0.3) is 0 Å². The average molecular weight is 285 g/mol. The molecule has 1 unspecified atom stereocenters. The molecule has 0 saturated heterocycles. The molecule has 96 valence electrons. The van der Waals surface area contributed by atoms with E-state index in [-0.39, 0.29) is 10.9 Å². The quantitative estimate of drug-likeness (QED) is 0.916. The zero-order chi connectivity index (χ0) is 13.1. The van der Waals surface area contributed by atoms with E-state index in [0.717, 1.165) is 16.0 Å². The van der Waals surface area contributed by atoms with Crippen molar-refractivity contribution in [2.45, 2.75) is 28.5 Å². The highest BCUT2D eigenvalue weighted by atomic mass is 32.2. The molecule has 1 aromatic heterocycles. The maximum absolute atomic E-state index is 13.9. The number of halogens is 2. The first kappa shape index (κ1) is 13.5. The number of hydrogen-bond acceptors (Lipinski definition) is 3. The Balaban J connectivity index is 2.26. The predicted molar refractivity (Wildman–Crippen MR) is 72.2 cm³/mol. The third kappa shape index (κ3) is 3.31. The monoisotopic (exact) mass is 285 g/mol. The van der Waals surface area contributed by atoms with Gasteiger partial charge in [0.15, 0.2) is 0 Å². The van der Waals surface area contributed by atoms with Crippen molar-refractivity contribution in [2.75, 3.05) is 0 Å². The average Bonchev–Trinajstić information content (AvgIpc) is 2.75. The fourth-order valence-corrected chi connectivity index (χ4v) is 3.34. The van der Waals surface area contributed by atoms with Gasteiger partial charge in [-0.2, -0.15) is 0 Å². The summed E-state index contributed by atoms with van der Waals surface area (Å²) in [6.07, 6.45) is 0.470. The van der Waals surface area contributed by atoms with Crippen LogP contribution in [0.5, 0.6) is 0 Å². The molecule has 0 amide bonds. The highest BCUT2D eigenvalue weighted by Gasteiger charge is 2.13. The SMILES string of the molecule is CC(N)Cc1cc(F)c(Sc2cccs2)c(F)c1. The molecule has 0 spiro atoms. The number of thiophene rings is 1. The van der Waals surface area contributed by atoms with Crippen LogP contribution in [0.15, 0.2) is 38.8 Å². The number of hydrogen-bond donors (Lipinski definition) is 1. The molecule has 1 aromatic carbocycles. The van der Waals surface area contributed by atoms with E-state index in [1.807, 2.05) is 24.4 Å². The summed E-state index contributed by atoms with van der Waals surface area (Å²) in [4.78, 5) is 0.0471. The first-order chi connectivity index (χ1) is 8.56. The van der Waals surface area contributed by atoms with E-state index in [0.29, 0.717) is 12.0 Å². The van der Waals surface area contributed by atoms with Crippen molar-refractivity contribution < 1.29 is 8.78 Å². The minimum Gasteiger partial charge on any atom is -0.328 e. The zero-order valence-electron chi connectivity index (χ0n) is 9.82. The summed E-state index contributed by atoms with van der Waals surface area (Å²) < 4.78 is 28.6. The van der Waals surface area contributed by atoms with Crippen molar-refractivity contribution >= 4 is 23.1 Å². The van der Waals surface area contributed by atoms with Crippen LogP contribution in [0.4, 0.5) is 8.78 Å². The van der Waals surface area contributed by atoms with Gasteiger partial charge in [-0.3, -0.25) is 0 Å². The Labute approximate surface area is 113 Å². The van der Waals surface area contributed by atoms with Crippen LogP contribution < -0.4 is 5.73 Å². The van der Waals surface area contributed by atoms with Gasteiger partial charge in [-0.25, -0.2) is 8.78 Å². The lowest BCUT2D eigenvalue weighted by Gasteiger charge is -2.09. The van der Waals surface area contributed by atoms with Crippen LogP contribution in [0.3, 0.4) is 0 Å². The fraction of sp³-hybridized carbons (Fsp3) is 0.231. The Morgan fingerprint density at radius 2 is 2.00 bits per heavy atom. The molecule has 0 aliphatic rings. The summed E-state index contributed by atoms with van der Waals surface area (Å²) in [6.45, 7) is 1.81. The van der Waals surface area contributed by atoms with Gasteiger partial charge in [0.05, 0.1) is 9.10 Å². The van der Waals surface area contributed by atoms with Gasteiger partial charge in [-0.05, 0) is 42.5 Å². The summed E-state index contributed by atoms with van der Waals surface area (Å²) in [6, 6.07) is 6.31. The van der Waals surface area contributed by atoms with Gasteiger partial charge < -0.3 is 5.73 Å². The van der Waals surface area contributed by atoms with Crippen LogP contribution in [0, 0.1) is 11.6 Å².